The van der Waals surface area contributed by atoms with Crippen LogP contribution in [0.2, 0.25) is 0 Å². The van der Waals surface area contributed by atoms with Crippen molar-refractivity contribution in [3.8, 4) is 28.7 Å². The fraction of sp³-hybridized carbons (Fsp3) is 0.391. The molecule has 0 unspecified atom stereocenters. The van der Waals surface area contributed by atoms with E-state index < -0.39 is 17.8 Å². The lowest BCUT2D eigenvalue weighted by atomic mass is 9.76. The van der Waals surface area contributed by atoms with Crippen molar-refractivity contribution in [1.29, 1.82) is 0 Å². The number of hydrogen-bond donors (Lipinski definition) is 3. The molecule has 2 aromatic rings. The quantitative estimate of drug-likeness (QED) is 0.631. The molecule has 3 heterocycles. The second kappa shape index (κ2) is 7.05. The molecule has 0 bridgehead atoms. The highest BCUT2D eigenvalue weighted by Gasteiger charge is 2.56. The highest BCUT2D eigenvalue weighted by Crippen LogP contribution is 2.55. The van der Waals surface area contributed by atoms with Crippen LogP contribution in [0.25, 0.3) is 0 Å². The number of ether oxygens (including phenoxy) is 5. The summed E-state index contributed by atoms with van der Waals surface area (Å²) in [6.45, 7) is 3.71. The molecule has 0 saturated heterocycles. The number of rotatable bonds is 4. The molecule has 164 valence electrons. The highest BCUT2D eigenvalue weighted by molar-refractivity contribution is 5.60. The van der Waals surface area contributed by atoms with Crippen molar-refractivity contribution in [3.63, 3.8) is 0 Å². The molecule has 3 aliphatic heterocycles. The summed E-state index contributed by atoms with van der Waals surface area (Å²) in [6.07, 6.45) is -2.04. The zero-order valence-corrected chi connectivity index (χ0v) is 17.3. The van der Waals surface area contributed by atoms with Crippen LogP contribution in [-0.4, -0.2) is 55.0 Å². The molecule has 0 radical (unpaired) electrons. The van der Waals surface area contributed by atoms with Crippen molar-refractivity contribution in [2.75, 3.05) is 27.4 Å². The summed E-state index contributed by atoms with van der Waals surface area (Å²) in [7, 11) is 3.01. The van der Waals surface area contributed by atoms with E-state index in [4.69, 9.17) is 23.7 Å². The Morgan fingerprint density at radius 1 is 1.16 bits per heavy atom. The lowest BCUT2D eigenvalue weighted by Gasteiger charge is -2.47. The third-order valence-electron chi connectivity index (χ3n) is 6.34. The van der Waals surface area contributed by atoms with E-state index in [-0.39, 0.29) is 19.3 Å². The van der Waals surface area contributed by atoms with Crippen LogP contribution in [0.3, 0.4) is 0 Å². The van der Waals surface area contributed by atoms with Crippen molar-refractivity contribution < 1.29 is 39.0 Å². The Labute approximate surface area is 179 Å². The van der Waals surface area contributed by atoms with Gasteiger partial charge < -0.3 is 39.0 Å². The highest BCUT2D eigenvalue weighted by atomic mass is 16.6. The van der Waals surface area contributed by atoms with E-state index in [0.717, 1.165) is 5.56 Å². The standard InChI is InChI=1S/C23H24O8/c1-11(9-24)16-6-13-15(30-16)5-4-12-21(13)31-20-10-29-17-8-19(28-3)18(27-2)7-14(17)23(20,26)22(12)25/h4-5,7-8,16,20,22,24-26H,1,6,9-10H2,2-3H3/t16-,20-,22-,23-/m1/s1. The lowest BCUT2D eigenvalue weighted by Crippen LogP contribution is -2.56. The maximum Gasteiger partial charge on any atom is 0.168 e. The fourth-order valence-corrected chi connectivity index (χ4v) is 4.58. The number of methoxy groups -OCH3 is 2. The van der Waals surface area contributed by atoms with Gasteiger partial charge in [-0.15, -0.1) is 0 Å². The Morgan fingerprint density at radius 3 is 2.61 bits per heavy atom. The average molecular weight is 428 g/mol. The summed E-state index contributed by atoms with van der Waals surface area (Å²) in [5.41, 5.74) is 0.411. The Bertz CT molecular complexity index is 1060. The van der Waals surface area contributed by atoms with E-state index in [9.17, 15) is 15.3 Å². The van der Waals surface area contributed by atoms with Crippen molar-refractivity contribution in [2.24, 2.45) is 0 Å². The second-order valence-corrected chi connectivity index (χ2v) is 7.94. The van der Waals surface area contributed by atoms with Gasteiger partial charge >= 0.3 is 0 Å². The number of aliphatic hydroxyl groups excluding tert-OH is 2. The Balaban J connectivity index is 1.60. The third-order valence-corrected chi connectivity index (χ3v) is 6.34. The van der Waals surface area contributed by atoms with Crippen LogP contribution in [0, 0.1) is 0 Å². The van der Waals surface area contributed by atoms with Crippen LogP contribution < -0.4 is 23.7 Å². The summed E-state index contributed by atoms with van der Waals surface area (Å²) in [5, 5.41) is 32.5. The predicted molar refractivity (Wildman–Crippen MR) is 109 cm³/mol. The molecule has 0 amide bonds. The van der Waals surface area contributed by atoms with Gasteiger partial charge in [0.2, 0.25) is 0 Å². The smallest absolute Gasteiger partial charge is 0.168 e. The van der Waals surface area contributed by atoms with E-state index in [0.29, 0.717) is 51.9 Å². The first-order chi connectivity index (χ1) is 14.9. The van der Waals surface area contributed by atoms with Crippen molar-refractivity contribution in [2.45, 2.75) is 30.3 Å². The molecule has 0 aromatic heterocycles. The predicted octanol–water partition coefficient (Wildman–Crippen LogP) is 1.63. The van der Waals surface area contributed by atoms with Gasteiger partial charge in [0.25, 0.3) is 0 Å². The SMILES string of the molecule is C=C(CO)[C@H]1Cc2c(ccc3c2O[C@@H]2COc4cc(OC)c(OC)cc4[C@]2(O)[C@@H]3O)O1. The van der Waals surface area contributed by atoms with Crippen LogP contribution in [-0.2, 0) is 12.0 Å². The summed E-state index contributed by atoms with van der Waals surface area (Å²) in [4.78, 5) is 0. The van der Waals surface area contributed by atoms with Crippen LogP contribution in [0.4, 0.5) is 0 Å². The van der Waals surface area contributed by atoms with Gasteiger partial charge in [-0.1, -0.05) is 6.58 Å². The Kier molecular flexibility index (Phi) is 4.55. The maximum atomic E-state index is 11.7. The van der Waals surface area contributed by atoms with Gasteiger partial charge in [0.1, 0.15) is 36.1 Å². The summed E-state index contributed by atoms with van der Waals surface area (Å²) in [6, 6.07) is 6.67. The number of hydrogen-bond acceptors (Lipinski definition) is 8. The van der Waals surface area contributed by atoms with Gasteiger partial charge in [-0.05, 0) is 23.8 Å². The molecule has 0 spiro atoms. The second-order valence-electron chi connectivity index (χ2n) is 7.94. The van der Waals surface area contributed by atoms with Gasteiger partial charge in [0.05, 0.1) is 20.8 Å². The molecule has 8 heteroatoms. The van der Waals surface area contributed by atoms with Crippen LogP contribution >= 0.6 is 0 Å². The average Bonchev–Trinajstić information content (AvgIpc) is 3.23. The third kappa shape index (κ3) is 2.72. The molecule has 2 aromatic carbocycles. The molecule has 0 aliphatic carbocycles. The summed E-state index contributed by atoms with van der Waals surface area (Å²) in [5.74, 6) is 2.34. The first kappa shape index (κ1) is 20.0. The minimum absolute atomic E-state index is 0.0345. The van der Waals surface area contributed by atoms with Gasteiger partial charge in [-0.2, -0.15) is 0 Å². The normalized spacial score (nSPS) is 27.5. The maximum absolute atomic E-state index is 11.7. The van der Waals surface area contributed by atoms with E-state index in [1.807, 2.05) is 0 Å². The molecule has 31 heavy (non-hydrogen) atoms. The number of aliphatic hydroxyl groups is 3. The van der Waals surface area contributed by atoms with Gasteiger partial charge in [-0.25, -0.2) is 0 Å². The molecule has 3 N–H and O–H groups in total. The van der Waals surface area contributed by atoms with Crippen LogP contribution in [0.15, 0.2) is 36.4 Å². The molecular weight excluding hydrogens is 404 g/mol. The molecule has 8 nitrogen and oxygen atoms in total. The van der Waals surface area contributed by atoms with E-state index in [1.54, 1.807) is 24.3 Å². The summed E-state index contributed by atoms with van der Waals surface area (Å²) >= 11 is 0. The molecular formula is C23H24O8. The molecule has 4 atom stereocenters. The topological polar surface area (TPSA) is 107 Å². The van der Waals surface area contributed by atoms with Crippen molar-refractivity contribution in [1.82, 2.24) is 0 Å². The van der Waals surface area contributed by atoms with Crippen LogP contribution in [0.1, 0.15) is 22.8 Å². The molecule has 0 saturated carbocycles. The fourth-order valence-electron chi connectivity index (χ4n) is 4.58. The minimum Gasteiger partial charge on any atom is -0.493 e. The zero-order chi connectivity index (χ0) is 21.9. The zero-order valence-electron chi connectivity index (χ0n) is 17.3. The largest absolute Gasteiger partial charge is 0.493 e. The Morgan fingerprint density at radius 2 is 1.90 bits per heavy atom. The number of benzene rings is 2. The molecule has 0 fully saturated rings. The molecule has 5 rings (SSSR count). The van der Waals surface area contributed by atoms with Gasteiger partial charge in [0, 0.05) is 29.2 Å². The van der Waals surface area contributed by atoms with Gasteiger partial charge in [0.15, 0.2) is 23.2 Å². The van der Waals surface area contributed by atoms with E-state index in [1.165, 1.54) is 14.2 Å². The number of fused-ring (bicyclic) bond motifs is 6. The minimum atomic E-state index is -1.75. The monoisotopic (exact) mass is 428 g/mol. The van der Waals surface area contributed by atoms with E-state index in [2.05, 4.69) is 6.58 Å². The summed E-state index contributed by atoms with van der Waals surface area (Å²) < 4.78 is 28.7. The Hall–Kier alpha value is -2.94. The van der Waals surface area contributed by atoms with Crippen molar-refractivity contribution >= 4 is 0 Å². The van der Waals surface area contributed by atoms with Crippen LogP contribution in [0.5, 0.6) is 28.7 Å². The first-order valence-electron chi connectivity index (χ1n) is 9.99. The molecule has 3 aliphatic rings. The first-order valence-corrected chi connectivity index (χ1v) is 9.99. The lowest BCUT2D eigenvalue weighted by molar-refractivity contribution is -0.179. The van der Waals surface area contributed by atoms with E-state index >= 15 is 0 Å². The van der Waals surface area contributed by atoms with Crippen molar-refractivity contribution in [3.05, 3.63) is 53.1 Å². The van der Waals surface area contributed by atoms with Gasteiger partial charge in [-0.3, -0.25) is 0 Å².